The average Bonchev–Trinajstić information content (AvgIpc) is 4.22. The van der Waals surface area contributed by atoms with E-state index < -0.39 is 0 Å². The maximum absolute atomic E-state index is 4.30. The van der Waals surface area contributed by atoms with Crippen molar-refractivity contribution in [2.45, 2.75) is 159 Å². The van der Waals surface area contributed by atoms with E-state index in [1.807, 2.05) is 93.8 Å². The van der Waals surface area contributed by atoms with Crippen LogP contribution in [0.4, 0.5) is 0 Å². The Morgan fingerprint density at radius 1 is 0.458 bits per heavy atom. The Balaban J connectivity index is 0.000000219. The molecule has 8 aromatic heterocycles. The number of tetrazole rings is 2. The van der Waals surface area contributed by atoms with Crippen LogP contribution in [0.5, 0.6) is 0 Å². The number of fused-ring (bicyclic) bond motifs is 2. The van der Waals surface area contributed by atoms with Gasteiger partial charge in [-0.2, -0.15) is 20.2 Å². The third kappa shape index (κ3) is 20.8. The summed E-state index contributed by atoms with van der Waals surface area (Å²) in [5.41, 5.74) is 3.62. The van der Waals surface area contributed by atoms with Crippen LogP contribution in [0.2, 0.25) is 0 Å². The summed E-state index contributed by atoms with van der Waals surface area (Å²) in [7, 11) is 0. The fraction of sp³-hybridized carbons (Fsp3) is 0.453. The molecule has 0 aliphatic heterocycles. The van der Waals surface area contributed by atoms with Gasteiger partial charge in [0.2, 0.25) is 0 Å². The lowest BCUT2D eigenvalue weighted by atomic mass is 10.2. The van der Waals surface area contributed by atoms with Gasteiger partial charge < -0.3 is 18.3 Å². The number of nitrogens with zero attached hydrogens (tertiary/aromatic N) is 18. The second-order valence-corrected chi connectivity index (χ2v) is 18.8. The van der Waals surface area contributed by atoms with Crippen LogP contribution in [0.1, 0.15) is 165 Å². The van der Waals surface area contributed by atoms with Gasteiger partial charge in [0, 0.05) is 91.1 Å². The third-order valence-corrected chi connectivity index (χ3v) is 10.3. The largest absolute Gasteiger partial charge is 0.352 e. The van der Waals surface area contributed by atoms with Gasteiger partial charge in [-0.15, -0.1) is 20.4 Å². The number of imidazole rings is 2. The quantitative estimate of drug-likeness (QED) is 0.152. The number of aromatic nitrogens is 19. The first kappa shape index (κ1) is 58.7. The lowest BCUT2D eigenvalue weighted by Crippen LogP contribution is -2.04. The van der Waals surface area contributed by atoms with Crippen LogP contribution in [0.25, 0.3) is 21.9 Å². The molecule has 0 amide bonds. The fourth-order valence-corrected chi connectivity index (χ4v) is 6.11. The monoisotopic (exact) mass is 984 g/mol. The molecule has 10 rings (SSSR count). The minimum absolute atomic E-state index is 0.317. The normalized spacial score (nSPS) is 10.7. The van der Waals surface area contributed by atoms with Crippen LogP contribution in [0, 0.1) is 0 Å². The van der Waals surface area contributed by atoms with E-state index in [0.717, 1.165) is 11.3 Å². The van der Waals surface area contributed by atoms with Crippen LogP contribution in [-0.2, 0) is 0 Å². The molecular formula is C53H81N19. The van der Waals surface area contributed by atoms with E-state index in [1.54, 1.807) is 34.5 Å². The Bertz CT molecular complexity index is 2380. The first-order chi connectivity index (χ1) is 34.4. The summed E-state index contributed by atoms with van der Waals surface area (Å²) in [5, 5.41) is 33.6. The van der Waals surface area contributed by atoms with E-state index in [4.69, 9.17) is 0 Å². The Morgan fingerprint density at radius 3 is 1.51 bits per heavy atom. The summed E-state index contributed by atoms with van der Waals surface area (Å²) >= 11 is 0. The lowest BCUT2D eigenvalue weighted by Gasteiger charge is -2.08. The molecule has 8 heterocycles. The van der Waals surface area contributed by atoms with Crippen LogP contribution < -0.4 is 0 Å². The number of hydrogen-bond acceptors (Lipinski definition) is 11. The molecule has 0 bridgehead atoms. The number of H-pyrrole nitrogens is 1. The van der Waals surface area contributed by atoms with Gasteiger partial charge >= 0.3 is 0 Å². The first-order valence-electron chi connectivity index (χ1n) is 24.8. The molecule has 0 aliphatic rings. The van der Waals surface area contributed by atoms with Crippen molar-refractivity contribution in [3.05, 3.63) is 154 Å². The van der Waals surface area contributed by atoms with Crippen molar-refractivity contribution >= 4 is 21.9 Å². The van der Waals surface area contributed by atoms with Crippen LogP contribution >= 0.6 is 0 Å². The van der Waals surface area contributed by atoms with E-state index in [1.165, 1.54) is 22.7 Å². The van der Waals surface area contributed by atoms with Gasteiger partial charge in [-0.3, -0.25) is 9.36 Å². The fourth-order valence-electron chi connectivity index (χ4n) is 6.11. The van der Waals surface area contributed by atoms with Gasteiger partial charge in [0.15, 0.2) is 12.2 Å². The Labute approximate surface area is 426 Å². The summed E-state index contributed by atoms with van der Waals surface area (Å²) in [6.07, 6.45) is 22.2. The van der Waals surface area contributed by atoms with Crippen molar-refractivity contribution in [1.82, 2.24) is 93.6 Å². The van der Waals surface area contributed by atoms with E-state index in [-0.39, 0.29) is 0 Å². The molecule has 2 aromatic carbocycles. The predicted octanol–water partition coefficient (Wildman–Crippen LogP) is 12.3. The second kappa shape index (κ2) is 31.6. The first-order valence-corrected chi connectivity index (χ1v) is 24.8. The zero-order chi connectivity index (χ0) is 53.0. The Morgan fingerprint density at radius 2 is 1.11 bits per heavy atom. The molecule has 388 valence electrons. The molecule has 0 fully saturated rings. The van der Waals surface area contributed by atoms with Gasteiger partial charge in [-0.1, -0.05) is 49.4 Å². The zero-order valence-electron chi connectivity index (χ0n) is 45.5. The minimum Gasteiger partial charge on any atom is -0.352 e. The van der Waals surface area contributed by atoms with Crippen molar-refractivity contribution in [3.8, 4) is 0 Å². The number of benzene rings is 2. The van der Waals surface area contributed by atoms with Crippen molar-refractivity contribution in [1.29, 1.82) is 0 Å². The standard InChI is InChI=1S/C11H13N.C10H12N2.C7H11N.2C6H10N2.C5H9N3.2C4H8N4/c1-9(2)12-8-7-10-5-3-4-6-11(10)12;1-8(2)12-7-11-9-5-3-4-6-10(9)12;1-7(2)8-5-3-4-6-8;1-6(2)8-4-3-7-5-8;1-6(2)8-5-3-4-7-8;1-5(2)8-4-6-3-7-8;1-4(2)8-6-3-5-7-8;1-3(2)4-5-7-8-6-4/h3-9H,1-2H3;3-8H,1-2H3;3-7H,1-2H3;2*3-6H,1-2H3;3-5H,1-2H3;3-4H,1-2H3;3H,1-2H3,(H,5,6,7,8). The highest BCUT2D eigenvalue weighted by Crippen LogP contribution is 2.19. The molecule has 1 N–H and O–H groups in total. The molecule has 10 aromatic rings. The van der Waals surface area contributed by atoms with Crippen molar-refractivity contribution in [2.24, 2.45) is 0 Å². The van der Waals surface area contributed by atoms with E-state index in [2.05, 4.69) is 218 Å². The number of nitrogens with one attached hydrogen (secondary N) is 1. The van der Waals surface area contributed by atoms with Crippen molar-refractivity contribution in [2.75, 3.05) is 0 Å². The molecule has 0 spiro atoms. The molecule has 0 radical (unpaired) electrons. The number of aromatic amines is 1. The van der Waals surface area contributed by atoms with E-state index in [0.29, 0.717) is 48.2 Å². The summed E-state index contributed by atoms with van der Waals surface area (Å²) in [6, 6.07) is 28.2. The second-order valence-electron chi connectivity index (χ2n) is 18.8. The summed E-state index contributed by atoms with van der Waals surface area (Å²) in [5.74, 6) is 1.14. The van der Waals surface area contributed by atoms with Gasteiger partial charge in [-0.05, 0) is 150 Å². The number of rotatable bonds is 8. The molecule has 0 saturated heterocycles. The van der Waals surface area contributed by atoms with Gasteiger partial charge in [0.1, 0.15) is 12.7 Å². The maximum Gasteiger partial charge on any atom is 0.177 e. The topological polar surface area (TPSA) is 192 Å². The number of para-hydroxylation sites is 3. The Kier molecular flexibility index (Phi) is 25.8. The number of hydrogen-bond donors (Lipinski definition) is 1. The average molecular weight is 984 g/mol. The van der Waals surface area contributed by atoms with Gasteiger partial charge in [-0.25, -0.2) is 15.0 Å². The SMILES string of the molecule is CC(C)c1nn[nH]n1.CC(C)n1ccc2ccccc21.CC(C)n1cccc1.CC(C)n1cccn1.CC(C)n1ccnc1.CC(C)n1cnc2ccccc21.CC(C)n1cncn1.CC(C)n1ncnn1. The zero-order valence-corrected chi connectivity index (χ0v) is 45.5. The molecule has 0 atom stereocenters. The minimum atomic E-state index is 0.317. The summed E-state index contributed by atoms with van der Waals surface area (Å²) < 4.78 is 12.4. The lowest BCUT2D eigenvalue weighted by molar-refractivity contribution is 0.455. The van der Waals surface area contributed by atoms with Crippen molar-refractivity contribution in [3.63, 3.8) is 0 Å². The van der Waals surface area contributed by atoms with Crippen LogP contribution in [0.3, 0.4) is 0 Å². The van der Waals surface area contributed by atoms with Gasteiger partial charge in [0.05, 0.1) is 29.7 Å². The molecule has 19 nitrogen and oxygen atoms in total. The highest BCUT2D eigenvalue weighted by molar-refractivity contribution is 5.80. The van der Waals surface area contributed by atoms with Crippen molar-refractivity contribution < 1.29 is 0 Å². The smallest absolute Gasteiger partial charge is 0.177 e. The highest BCUT2D eigenvalue weighted by atomic mass is 15.6. The summed E-state index contributed by atoms with van der Waals surface area (Å²) in [6.45, 7) is 33.7. The molecular weight excluding hydrogens is 903 g/mol. The van der Waals surface area contributed by atoms with E-state index >= 15 is 0 Å². The summed E-state index contributed by atoms with van der Waals surface area (Å²) in [4.78, 5) is 13.6. The van der Waals surface area contributed by atoms with Gasteiger partial charge in [0.25, 0.3) is 0 Å². The molecule has 0 unspecified atom stereocenters. The molecule has 72 heavy (non-hydrogen) atoms. The molecule has 0 saturated carbocycles. The van der Waals surface area contributed by atoms with Crippen LogP contribution in [0.15, 0.2) is 148 Å². The predicted molar refractivity (Wildman–Crippen MR) is 289 cm³/mol. The molecule has 0 aliphatic carbocycles. The Hall–Kier alpha value is -7.57. The highest BCUT2D eigenvalue weighted by Gasteiger charge is 2.04. The molecule has 19 heteroatoms. The van der Waals surface area contributed by atoms with Crippen LogP contribution in [-0.4, -0.2) is 93.6 Å². The third-order valence-electron chi connectivity index (χ3n) is 10.3. The maximum atomic E-state index is 4.30. The van der Waals surface area contributed by atoms with E-state index in [9.17, 15) is 0 Å².